The van der Waals surface area contributed by atoms with Crippen molar-refractivity contribution >= 4 is 73.2 Å². The number of hydrogen-bond donors (Lipinski definition) is 32. The lowest BCUT2D eigenvalue weighted by Crippen LogP contribution is -2.07. The molecule has 36 N–H and O–H groups in total. The highest BCUT2D eigenvalue weighted by Crippen LogP contribution is 1.43. The van der Waals surface area contributed by atoms with Gasteiger partial charge in [-0.15, -0.1) is 0 Å². The summed E-state index contributed by atoms with van der Waals surface area (Å²) in [5.41, 5.74) is 0. The molecule has 0 spiro atoms. The fraction of sp³-hybridized carbons (Fsp3) is 0. The van der Waals surface area contributed by atoms with Crippen LogP contribution in [0.2, 0.25) is 0 Å². The highest BCUT2D eigenvalue weighted by molar-refractivity contribution is 6.32. The first-order chi connectivity index (χ1) is 17.3. The molecule has 0 heterocycles. The van der Waals surface area contributed by atoms with E-state index in [2.05, 4.69) is 0 Å². The minimum atomic E-state index is -2.17. The molecule has 0 atom stereocenters. The molecule has 0 aliphatic rings. The predicted octanol–water partition coefficient (Wildman–Crippen LogP) is -20.2. The Morgan fingerprint density at radius 2 is 0.119 bits per heavy atom. The van der Waals surface area contributed by atoms with E-state index in [1.807, 2.05) is 0 Å². The molecule has 42 heavy (non-hydrogen) atoms. The molecule has 42 heteroatoms. The third-order valence-corrected chi connectivity index (χ3v) is 0. The molecule has 0 rings (SSSR count). The van der Waals surface area contributed by atoms with Crippen molar-refractivity contribution in [3.63, 3.8) is 0 Å². The van der Waals surface area contributed by atoms with Crippen LogP contribution in [0.15, 0.2) is 0 Å². The second-order valence-corrected chi connectivity index (χ2v) is 3.46. The van der Waals surface area contributed by atoms with E-state index >= 15 is 0 Å². The Labute approximate surface area is 237 Å². The van der Waals surface area contributed by atoms with Crippen LogP contribution in [0.25, 0.3) is 0 Å². The van der Waals surface area contributed by atoms with Gasteiger partial charge in [0.15, 0.2) is 0 Å². The monoisotopic (exact) mass is 654 g/mol. The fourth-order valence-electron chi connectivity index (χ4n) is 0. The minimum Gasteiger partial charge on any atom is -0.402 e. The van der Waals surface area contributed by atoms with Crippen molar-refractivity contribution in [1.82, 2.24) is 12.3 Å². The first-order valence-electron chi connectivity index (χ1n) is 7.75. The van der Waals surface area contributed by atoms with Crippen LogP contribution in [0.3, 0.4) is 0 Å². The van der Waals surface area contributed by atoms with Gasteiger partial charge in [0.25, 0.3) is 0 Å². The Kier molecular flexibility index (Phi) is 135. The average Bonchev–Trinajstić information content (AvgIpc) is 2.47. The molecule has 0 aliphatic carbocycles. The molecular formula is H36B10N2O30. The van der Waals surface area contributed by atoms with E-state index in [-0.39, 0.29) is 12.3 Å². The molecule has 0 saturated carbocycles. The fourth-order valence-corrected chi connectivity index (χ4v) is 0. The van der Waals surface area contributed by atoms with Crippen molar-refractivity contribution in [2.45, 2.75) is 0 Å². The summed E-state index contributed by atoms with van der Waals surface area (Å²) < 4.78 is 0. The van der Waals surface area contributed by atoms with Crippen LogP contribution in [0, 0.1) is 0 Å². The van der Waals surface area contributed by atoms with Crippen molar-refractivity contribution in [1.29, 1.82) is 0 Å². The summed E-state index contributed by atoms with van der Waals surface area (Å²) in [6.07, 6.45) is 0. The van der Waals surface area contributed by atoms with Crippen molar-refractivity contribution in [2.24, 2.45) is 0 Å². The molecule has 256 valence electrons. The second-order valence-electron chi connectivity index (χ2n) is 3.46. The van der Waals surface area contributed by atoms with Gasteiger partial charge >= 0.3 is 73.2 Å². The largest absolute Gasteiger partial charge is 0.631 e. The minimum absolute atomic E-state index is 0. The van der Waals surface area contributed by atoms with E-state index in [1.54, 1.807) is 0 Å². The normalized spacial score (nSPS) is 6.43. The zero-order valence-electron chi connectivity index (χ0n) is 20.6. The van der Waals surface area contributed by atoms with Crippen molar-refractivity contribution in [3.05, 3.63) is 0 Å². The lowest BCUT2D eigenvalue weighted by Gasteiger charge is -1.69. The molecule has 0 saturated heterocycles. The van der Waals surface area contributed by atoms with Crippen LogP contribution in [-0.2, 0) is 0 Å². The van der Waals surface area contributed by atoms with E-state index < -0.39 is 73.2 Å². The van der Waals surface area contributed by atoms with Crippen molar-refractivity contribution in [2.75, 3.05) is 0 Å². The van der Waals surface area contributed by atoms with Gasteiger partial charge in [-0.05, 0) is 0 Å². The summed E-state index contributed by atoms with van der Waals surface area (Å²) >= 11 is 0. The topological polar surface area (TPSA) is 677 Å². The maximum Gasteiger partial charge on any atom is 0.631 e. The van der Waals surface area contributed by atoms with Crippen LogP contribution >= 0.6 is 0 Å². The second kappa shape index (κ2) is 72.5. The predicted molar refractivity (Wildman–Crippen MR) is 134 cm³/mol. The van der Waals surface area contributed by atoms with Crippen LogP contribution in [0.4, 0.5) is 0 Å². The molecule has 0 bridgehead atoms. The van der Waals surface area contributed by atoms with Gasteiger partial charge in [-0.25, -0.2) is 0 Å². The smallest absolute Gasteiger partial charge is 0.402 e. The Morgan fingerprint density at radius 3 is 0.119 bits per heavy atom. The van der Waals surface area contributed by atoms with E-state index in [4.69, 9.17) is 151 Å². The van der Waals surface area contributed by atoms with Crippen LogP contribution < -0.4 is 12.3 Å². The third kappa shape index (κ3) is 146000. The first-order valence-corrected chi connectivity index (χ1v) is 7.75. The Bertz CT molecular complexity index is 191. The summed E-state index contributed by atoms with van der Waals surface area (Å²) in [6, 6.07) is 0. The highest BCUT2D eigenvalue weighted by atomic mass is 16.6. The van der Waals surface area contributed by atoms with Crippen molar-refractivity contribution < 1.29 is 151 Å². The Morgan fingerprint density at radius 1 is 0.119 bits per heavy atom. The molecule has 0 aromatic heterocycles. The molecule has 0 fully saturated rings. The van der Waals surface area contributed by atoms with Crippen LogP contribution in [0.1, 0.15) is 0 Å². The molecule has 0 unspecified atom stereocenters. The SMILES string of the molecule is N.N.OB(O)O.OB(O)O.OB(O)O.OB(O)O.OB(O)O.OB(O)O.OB(O)O.OB(O)O.OB(O)O.OB(O)O. The summed E-state index contributed by atoms with van der Waals surface area (Å²) in [4.78, 5) is 0. The Balaban J connectivity index is -0.0000000237. The van der Waals surface area contributed by atoms with E-state index in [9.17, 15) is 0 Å². The average molecular weight is 652 g/mol. The van der Waals surface area contributed by atoms with Gasteiger partial charge in [0.2, 0.25) is 0 Å². The molecule has 0 radical (unpaired) electrons. The van der Waals surface area contributed by atoms with E-state index in [0.29, 0.717) is 0 Å². The van der Waals surface area contributed by atoms with Gasteiger partial charge in [0, 0.05) is 0 Å². The van der Waals surface area contributed by atoms with Crippen molar-refractivity contribution in [3.8, 4) is 0 Å². The molecular weight excluding hydrogens is 616 g/mol. The van der Waals surface area contributed by atoms with Gasteiger partial charge in [-0.1, -0.05) is 0 Å². The van der Waals surface area contributed by atoms with Gasteiger partial charge in [-0.2, -0.15) is 0 Å². The molecule has 0 aliphatic heterocycles. The van der Waals surface area contributed by atoms with E-state index in [1.165, 1.54) is 0 Å². The summed E-state index contributed by atoms with van der Waals surface area (Å²) in [5.74, 6) is 0. The zero-order chi connectivity index (χ0) is 35.8. The third-order valence-electron chi connectivity index (χ3n) is 0. The lowest BCUT2D eigenvalue weighted by molar-refractivity contribution is 0.276. The highest BCUT2D eigenvalue weighted by Gasteiger charge is 1.95. The van der Waals surface area contributed by atoms with Gasteiger partial charge in [0.05, 0.1) is 0 Å². The number of rotatable bonds is 0. The Hall–Kier alpha value is -0.631. The molecule has 0 aromatic carbocycles. The quantitative estimate of drug-likeness (QED) is 0.108. The van der Waals surface area contributed by atoms with Crippen LogP contribution in [0.5, 0.6) is 0 Å². The zero-order valence-corrected chi connectivity index (χ0v) is 20.6. The van der Waals surface area contributed by atoms with Gasteiger partial charge in [-0.3, -0.25) is 0 Å². The molecule has 0 amide bonds. The molecule has 32 nitrogen and oxygen atoms in total. The number of hydrogen-bond acceptors (Lipinski definition) is 32. The lowest BCUT2D eigenvalue weighted by atomic mass is 10.3. The van der Waals surface area contributed by atoms with Gasteiger partial charge in [0.1, 0.15) is 0 Å². The summed E-state index contributed by atoms with van der Waals surface area (Å²) in [7, 11) is -21.7. The van der Waals surface area contributed by atoms with E-state index in [0.717, 1.165) is 0 Å². The van der Waals surface area contributed by atoms with Gasteiger partial charge < -0.3 is 163 Å². The van der Waals surface area contributed by atoms with Crippen LogP contribution in [-0.4, -0.2) is 224 Å². The molecule has 0 aromatic rings. The maximum absolute atomic E-state index is 7.17. The standard InChI is InChI=1S/10BH3O3.2H3N/c10*2-1(3)4;;/h10*2-4H;2*1H3. The first kappa shape index (κ1) is 78.2. The summed E-state index contributed by atoms with van der Waals surface area (Å²) in [6.45, 7) is 0. The maximum atomic E-state index is 7.17. The summed E-state index contributed by atoms with van der Waals surface area (Å²) in [5, 5.41) is 215.